The largest absolute Gasteiger partial charge is 0.391 e. The highest BCUT2D eigenvalue weighted by molar-refractivity contribution is 5.91. The minimum atomic E-state index is -1.28. The summed E-state index contributed by atoms with van der Waals surface area (Å²) in [6.07, 6.45) is 4.70. The number of aliphatic hydroxyl groups is 2. The van der Waals surface area contributed by atoms with Crippen molar-refractivity contribution in [2.45, 2.75) is 70.9 Å². The van der Waals surface area contributed by atoms with Crippen LogP contribution in [0, 0.1) is 17.8 Å². The predicted octanol–water partition coefficient (Wildman–Crippen LogP) is 0.931. The van der Waals surface area contributed by atoms with Crippen molar-refractivity contribution in [2.75, 3.05) is 6.54 Å². The fourth-order valence-electron chi connectivity index (χ4n) is 3.53. The molecule has 1 saturated heterocycles. The molecule has 2 rings (SSSR count). The second-order valence-corrected chi connectivity index (χ2v) is 9.60. The summed E-state index contributed by atoms with van der Waals surface area (Å²) < 4.78 is 0. The molecule has 0 bridgehead atoms. The zero-order valence-corrected chi connectivity index (χ0v) is 18.3. The zero-order valence-electron chi connectivity index (χ0n) is 18.3. The van der Waals surface area contributed by atoms with Gasteiger partial charge in [-0.15, -0.1) is 6.42 Å². The number of likely N-dealkylation sites (tertiary alicyclic amines) is 1. The van der Waals surface area contributed by atoms with E-state index in [2.05, 4.69) is 11.2 Å². The molecule has 164 valence electrons. The Balaban J connectivity index is 2.26. The molecule has 1 aliphatic rings. The lowest BCUT2D eigenvalue weighted by Crippen LogP contribution is -2.56. The summed E-state index contributed by atoms with van der Waals surface area (Å²) in [5.41, 5.74) is 5.71. The van der Waals surface area contributed by atoms with Gasteiger partial charge in [-0.05, 0) is 37.0 Å². The van der Waals surface area contributed by atoms with Crippen LogP contribution in [-0.2, 0) is 9.59 Å². The van der Waals surface area contributed by atoms with Crippen LogP contribution in [0.5, 0.6) is 0 Å². The molecule has 0 aromatic heterocycles. The number of hydrogen-bond donors (Lipinski definition) is 4. The summed E-state index contributed by atoms with van der Waals surface area (Å²) in [5.74, 6) is 1.70. The Morgan fingerprint density at radius 1 is 1.23 bits per heavy atom. The number of carbonyl (C=O) groups is 2. The van der Waals surface area contributed by atoms with Gasteiger partial charge in [-0.1, -0.05) is 38.8 Å². The van der Waals surface area contributed by atoms with Gasteiger partial charge >= 0.3 is 0 Å². The van der Waals surface area contributed by atoms with E-state index >= 15 is 0 Å². The Hall–Kier alpha value is -2.40. The van der Waals surface area contributed by atoms with Crippen molar-refractivity contribution in [3.8, 4) is 12.3 Å². The molecule has 1 fully saturated rings. The third kappa shape index (κ3) is 5.39. The molecular formula is C23H33N3O4. The third-order valence-electron chi connectivity index (χ3n) is 5.47. The van der Waals surface area contributed by atoms with Crippen LogP contribution >= 0.6 is 0 Å². The average molecular weight is 416 g/mol. The summed E-state index contributed by atoms with van der Waals surface area (Å²) in [6.45, 7) is 8.78. The first-order chi connectivity index (χ1) is 13.8. The first-order valence-electron chi connectivity index (χ1n) is 10.1. The maximum atomic E-state index is 13.1. The molecule has 2 amide bonds. The molecule has 7 nitrogen and oxygen atoms in total. The molecule has 0 saturated carbocycles. The monoisotopic (exact) mass is 415 g/mol. The number of β-amino-alcohol motifs (C(OH)–C–C–N with tert-alkyl or cyclic N) is 1. The van der Waals surface area contributed by atoms with Crippen LogP contribution in [0.15, 0.2) is 24.3 Å². The van der Waals surface area contributed by atoms with Gasteiger partial charge in [-0.2, -0.15) is 0 Å². The van der Waals surface area contributed by atoms with Crippen molar-refractivity contribution in [1.29, 1.82) is 0 Å². The summed E-state index contributed by atoms with van der Waals surface area (Å²) in [6, 6.07) is 4.56. The number of benzene rings is 1. The van der Waals surface area contributed by atoms with E-state index in [4.69, 9.17) is 12.2 Å². The Kier molecular flexibility index (Phi) is 6.97. The molecule has 1 heterocycles. The molecule has 5 N–H and O–H groups in total. The van der Waals surface area contributed by atoms with Gasteiger partial charge in [0.2, 0.25) is 11.8 Å². The molecule has 1 aromatic rings. The highest BCUT2D eigenvalue weighted by Crippen LogP contribution is 2.29. The van der Waals surface area contributed by atoms with Crippen LogP contribution in [0.4, 0.5) is 0 Å². The minimum absolute atomic E-state index is 0.0464. The lowest BCUT2D eigenvalue weighted by atomic mass is 9.86. The molecule has 4 atom stereocenters. The lowest BCUT2D eigenvalue weighted by Gasteiger charge is -2.35. The van der Waals surface area contributed by atoms with E-state index < -0.39 is 41.2 Å². The van der Waals surface area contributed by atoms with Gasteiger partial charge in [0.15, 0.2) is 0 Å². The second-order valence-electron chi connectivity index (χ2n) is 9.60. The van der Waals surface area contributed by atoms with Gasteiger partial charge < -0.3 is 26.2 Å². The molecule has 30 heavy (non-hydrogen) atoms. The molecule has 1 aromatic carbocycles. The zero-order chi connectivity index (χ0) is 22.9. The van der Waals surface area contributed by atoms with Crippen LogP contribution in [0.25, 0.3) is 0 Å². The number of aliphatic hydroxyl groups excluding tert-OH is 1. The van der Waals surface area contributed by atoms with E-state index in [1.807, 2.05) is 20.8 Å². The van der Waals surface area contributed by atoms with Gasteiger partial charge in [0.05, 0.1) is 23.8 Å². The van der Waals surface area contributed by atoms with Crippen LogP contribution < -0.4 is 11.1 Å². The normalized spacial score (nSPS) is 21.6. The first kappa shape index (κ1) is 23.9. The van der Waals surface area contributed by atoms with Crippen molar-refractivity contribution in [1.82, 2.24) is 10.2 Å². The number of amides is 2. The molecular weight excluding hydrogens is 382 g/mol. The quantitative estimate of drug-likeness (QED) is 0.534. The maximum Gasteiger partial charge on any atom is 0.243 e. The Labute approximate surface area is 178 Å². The number of nitrogens with zero attached hydrogens (tertiary/aromatic N) is 1. The fourth-order valence-corrected chi connectivity index (χ4v) is 3.53. The van der Waals surface area contributed by atoms with E-state index in [0.29, 0.717) is 11.1 Å². The van der Waals surface area contributed by atoms with Crippen molar-refractivity contribution in [2.24, 2.45) is 11.1 Å². The van der Waals surface area contributed by atoms with Gasteiger partial charge in [-0.25, -0.2) is 0 Å². The Bertz CT molecular complexity index is 815. The smallest absolute Gasteiger partial charge is 0.243 e. The van der Waals surface area contributed by atoms with Gasteiger partial charge in [0, 0.05) is 18.5 Å². The second kappa shape index (κ2) is 8.76. The highest BCUT2D eigenvalue weighted by atomic mass is 16.3. The van der Waals surface area contributed by atoms with Crippen molar-refractivity contribution >= 4 is 11.8 Å². The van der Waals surface area contributed by atoms with Crippen molar-refractivity contribution in [3.63, 3.8) is 0 Å². The average Bonchev–Trinajstić information content (AvgIpc) is 3.05. The van der Waals surface area contributed by atoms with Crippen LogP contribution in [0.1, 0.15) is 58.2 Å². The SMILES string of the molecule is C#Cc1ccc([C@H](NC(=O)[C@@H]2C[C@@H](O)CN2C(=O)C(N)C(C)(C)C)C(C)(C)O)cc1. The molecule has 7 heteroatoms. The summed E-state index contributed by atoms with van der Waals surface area (Å²) in [5, 5.41) is 23.7. The number of carbonyl (C=O) groups excluding carboxylic acids is 2. The summed E-state index contributed by atoms with van der Waals surface area (Å²) >= 11 is 0. The molecule has 0 spiro atoms. The number of nitrogens with one attached hydrogen (secondary N) is 1. The molecule has 1 unspecified atom stereocenters. The van der Waals surface area contributed by atoms with Crippen LogP contribution in [0.3, 0.4) is 0 Å². The number of rotatable bonds is 5. The van der Waals surface area contributed by atoms with Crippen LogP contribution in [0.2, 0.25) is 0 Å². The van der Waals surface area contributed by atoms with E-state index in [-0.39, 0.29) is 18.9 Å². The van der Waals surface area contributed by atoms with Gasteiger partial charge in [0.25, 0.3) is 0 Å². The highest BCUT2D eigenvalue weighted by Gasteiger charge is 2.44. The maximum absolute atomic E-state index is 13.1. The van der Waals surface area contributed by atoms with Crippen molar-refractivity contribution < 1.29 is 19.8 Å². The van der Waals surface area contributed by atoms with Gasteiger partial charge in [0.1, 0.15) is 6.04 Å². The number of nitrogens with two attached hydrogens (primary N) is 1. The standard InChI is InChI=1S/C23H33N3O4/c1-7-14-8-10-15(11-9-14)19(23(5,6)30)25-20(28)17-12-16(27)13-26(17)21(29)18(24)22(2,3)4/h1,8-11,16-19,27,30H,12-13,24H2,2-6H3,(H,25,28)/t16-,17+,18?,19+/m1/s1. The Morgan fingerprint density at radius 2 is 1.80 bits per heavy atom. The summed E-state index contributed by atoms with van der Waals surface area (Å²) in [7, 11) is 0. The Morgan fingerprint density at radius 3 is 2.27 bits per heavy atom. The van der Waals surface area contributed by atoms with Crippen LogP contribution in [-0.4, -0.2) is 57.3 Å². The number of hydrogen-bond acceptors (Lipinski definition) is 5. The van der Waals surface area contributed by atoms with E-state index in [1.54, 1.807) is 38.1 Å². The summed E-state index contributed by atoms with van der Waals surface area (Å²) in [4.78, 5) is 27.4. The van der Waals surface area contributed by atoms with E-state index in [0.717, 1.165) is 0 Å². The van der Waals surface area contributed by atoms with E-state index in [9.17, 15) is 19.8 Å². The van der Waals surface area contributed by atoms with Crippen molar-refractivity contribution in [3.05, 3.63) is 35.4 Å². The lowest BCUT2D eigenvalue weighted by molar-refractivity contribution is -0.142. The molecule has 1 aliphatic heterocycles. The fraction of sp³-hybridized carbons (Fsp3) is 0.565. The van der Waals surface area contributed by atoms with Gasteiger partial charge in [-0.3, -0.25) is 9.59 Å². The number of terminal acetylenes is 1. The minimum Gasteiger partial charge on any atom is -0.391 e. The predicted molar refractivity (Wildman–Crippen MR) is 115 cm³/mol. The topological polar surface area (TPSA) is 116 Å². The first-order valence-corrected chi connectivity index (χ1v) is 10.1. The van der Waals surface area contributed by atoms with E-state index in [1.165, 1.54) is 4.90 Å². The molecule has 0 radical (unpaired) electrons. The molecule has 0 aliphatic carbocycles. The third-order valence-corrected chi connectivity index (χ3v) is 5.47.